The van der Waals surface area contributed by atoms with Crippen molar-refractivity contribution in [2.75, 3.05) is 16.8 Å². The molecule has 0 spiro atoms. The van der Waals surface area contributed by atoms with Crippen LogP contribution >= 0.6 is 0 Å². The third kappa shape index (κ3) is 2.98. The summed E-state index contributed by atoms with van der Waals surface area (Å²) in [6.07, 6.45) is 0.290. The summed E-state index contributed by atoms with van der Waals surface area (Å²) in [5.41, 5.74) is 0.235. The summed E-state index contributed by atoms with van der Waals surface area (Å²) in [4.78, 5) is 16.0. The molecule has 1 saturated heterocycles. The molecule has 22 heavy (non-hydrogen) atoms. The SMILES string of the molecule is O=C(Nc1n[nH]c(-c2ccccc2F)n1)C1CCS(=O)(=O)C1. The van der Waals surface area contributed by atoms with E-state index in [0.29, 0.717) is 6.42 Å². The van der Waals surface area contributed by atoms with Crippen LogP contribution in [0.3, 0.4) is 0 Å². The minimum Gasteiger partial charge on any atom is -0.293 e. The standard InChI is InChI=1S/C13H13FN4O3S/c14-10-4-2-1-3-9(10)11-15-13(18-17-11)16-12(19)8-5-6-22(20,21)7-8/h1-4,8H,5-7H2,(H2,15,16,17,18,19). The number of hydrogen-bond donors (Lipinski definition) is 2. The van der Waals surface area contributed by atoms with E-state index < -0.39 is 27.5 Å². The van der Waals surface area contributed by atoms with Crippen LogP contribution in [0.5, 0.6) is 0 Å². The summed E-state index contributed by atoms with van der Waals surface area (Å²) in [6, 6.07) is 6.03. The molecule has 1 aliphatic rings. The molecule has 0 saturated carbocycles. The van der Waals surface area contributed by atoms with Crippen molar-refractivity contribution in [2.45, 2.75) is 6.42 Å². The number of benzene rings is 1. The Morgan fingerprint density at radius 3 is 2.82 bits per heavy atom. The normalized spacial score (nSPS) is 20.0. The molecule has 1 aromatic carbocycles. The highest BCUT2D eigenvalue weighted by Crippen LogP contribution is 2.21. The number of carbonyl (C=O) groups excluding carboxylic acids is 1. The summed E-state index contributed by atoms with van der Waals surface area (Å²) >= 11 is 0. The van der Waals surface area contributed by atoms with E-state index in [0.717, 1.165) is 0 Å². The molecule has 7 nitrogen and oxygen atoms in total. The van der Waals surface area contributed by atoms with Crippen molar-refractivity contribution in [1.29, 1.82) is 0 Å². The summed E-state index contributed by atoms with van der Waals surface area (Å²) < 4.78 is 36.4. The van der Waals surface area contributed by atoms with Crippen LogP contribution in [0, 0.1) is 11.7 Å². The molecule has 2 N–H and O–H groups in total. The minimum absolute atomic E-state index is 0.00690. The number of anilines is 1. The van der Waals surface area contributed by atoms with Gasteiger partial charge in [0.25, 0.3) is 0 Å². The second-order valence-electron chi connectivity index (χ2n) is 5.08. The lowest BCUT2D eigenvalue weighted by molar-refractivity contribution is -0.119. The Labute approximate surface area is 125 Å². The maximum atomic E-state index is 13.6. The molecule has 3 rings (SSSR count). The molecular formula is C13H13FN4O3S. The fraction of sp³-hybridized carbons (Fsp3) is 0.308. The van der Waals surface area contributed by atoms with Gasteiger partial charge in [-0.15, -0.1) is 5.10 Å². The van der Waals surface area contributed by atoms with Gasteiger partial charge in [-0.2, -0.15) is 4.98 Å². The van der Waals surface area contributed by atoms with Crippen molar-refractivity contribution >= 4 is 21.7 Å². The topological polar surface area (TPSA) is 105 Å². The number of nitrogens with one attached hydrogen (secondary N) is 2. The Morgan fingerprint density at radius 1 is 1.36 bits per heavy atom. The number of halogens is 1. The zero-order chi connectivity index (χ0) is 15.7. The van der Waals surface area contributed by atoms with E-state index in [-0.39, 0.29) is 28.8 Å². The van der Waals surface area contributed by atoms with Gasteiger partial charge in [0, 0.05) is 0 Å². The largest absolute Gasteiger partial charge is 0.293 e. The van der Waals surface area contributed by atoms with E-state index in [1.54, 1.807) is 12.1 Å². The summed E-state index contributed by atoms with van der Waals surface area (Å²) in [5.74, 6) is -1.47. The Morgan fingerprint density at radius 2 is 2.14 bits per heavy atom. The first-order valence-corrected chi connectivity index (χ1v) is 8.45. The van der Waals surface area contributed by atoms with Gasteiger partial charge in [-0.1, -0.05) is 12.1 Å². The number of nitrogens with zero attached hydrogens (tertiary/aromatic N) is 2. The van der Waals surface area contributed by atoms with Crippen LogP contribution < -0.4 is 5.32 Å². The number of carbonyl (C=O) groups is 1. The van der Waals surface area contributed by atoms with Crippen molar-refractivity contribution in [2.24, 2.45) is 5.92 Å². The number of hydrogen-bond acceptors (Lipinski definition) is 5. The van der Waals surface area contributed by atoms with Crippen molar-refractivity contribution in [1.82, 2.24) is 15.2 Å². The van der Waals surface area contributed by atoms with Gasteiger partial charge >= 0.3 is 0 Å². The van der Waals surface area contributed by atoms with E-state index in [1.807, 2.05) is 0 Å². The van der Waals surface area contributed by atoms with Crippen molar-refractivity contribution in [3.8, 4) is 11.4 Å². The molecule has 1 unspecified atom stereocenters. The smallest absolute Gasteiger partial charge is 0.249 e. The number of rotatable bonds is 3. The number of amides is 1. The quantitative estimate of drug-likeness (QED) is 0.876. The summed E-state index contributed by atoms with van der Waals surface area (Å²) in [5, 5.41) is 8.79. The highest BCUT2D eigenvalue weighted by Gasteiger charge is 2.33. The van der Waals surface area contributed by atoms with Crippen molar-refractivity contribution < 1.29 is 17.6 Å². The first-order valence-electron chi connectivity index (χ1n) is 6.63. The molecular weight excluding hydrogens is 311 g/mol. The Kier molecular flexibility index (Phi) is 3.65. The van der Waals surface area contributed by atoms with E-state index >= 15 is 0 Å². The van der Waals surface area contributed by atoms with E-state index in [9.17, 15) is 17.6 Å². The van der Waals surface area contributed by atoms with E-state index in [1.165, 1.54) is 12.1 Å². The number of aromatic amines is 1. The average molecular weight is 324 g/mol. The molecule has 0 bridgehead atoms. The van der Waals surface area contributed by atoms with E-state index in [2.05, 4.69) is 20.5 Å². The zero-order valence-electron chi connectivity index (χ0n) is 11.4. The highest BCUT2D eigenvalue weighted by atomic mass is 32.2. The second-order valence-corrected chi connectivity index (χ2v) is 7.31. The second kappa shape index (κ2) is 5.48. The van der Waals surface area contributed by atoms with Gasteiger partial charge in [0.05, 0.1) is 23.0 Å². The van der Waals surface area contributed by atoms with Crippen LogP contribution in [-0.2, 0) is 14.6 Å². The molecule has 0 radical (unpaired) electrons. The third-order valence-corrected chi connectivity index (χ3v) is 5.22. The van der Waals surface area contributed by atoms with Crippen LogP contribution in [0.2, 0.25) is 0 Å². The van der Waals surface area contributed by atoms with Crippen LogP contribution in [-0.4, -0.2) is 41.0 Å². The predicted octanol–water partition coefficient (Wildman–Crippen LogP) is 0.984. The van der Waals surface area contributed by atoms with E-state index in [4.69, 9.17) is 0 Å². The Bertz CT molecular complexity index is 818. The molecule has 2 heterocycles. The maximum Gasteiger partial charge on any atom is 0.249 e. The molecule has 1 atom stereocenters. The first kappa shape index (κ1) is 14.6. The average Bonchev–Trinajstić information content (AvgIpc) is 3.06. The van der Waals surface area contributed by atoms with Crippen molar-refractivity contribution in [3.63, 3.8) is 0 Å². The molecule has 9 heteroatoms. The molecule has 1 aromatic heterocycles. The van der Waals surface area contributed by atoms with Gasteiger partial charge in [0.1, 0.15) is 5.82 Å². The molecule has 1 fully saturated rings. The van der Waals surface area contributed by atoms with Gasteiger partial charge in [0.15, 0.2) is 15.7 Å². The van der Waals surface area contributed by atoms with Gasteiger partial charge < -0.3 is 0 Å². The summed E-state index contributed by atoms with van der Waals surface area (Å²) in [7, 11) is -3.14. The predicted molar refractivity (Wildman–Crippen MR) is 77.2 cm³/mol. The zero-order valence-corrected chi connectivity index (χ0v) is 12.2. The molecule has 116 valence electrons. The Balaban J connectivity index is 1.73. The van der Waals surface area contributed by atoms with Crippen LogP contribution in [0.25, 0.3) is 11.4 Å². The number of H-pyrrole nitrogens is 1. The van der Waals surface area contributed by atoms with Gasteiger partial charge in [-0.25, -0.2) is 12.8 Å². The maximum absolute atomic E-state index is 13.6. The molecule has 1 aliphatic heterocycles. The van der Waals surface area contributed by atoms with Crippen LogP contribution in [0.15, 0.2) is 24.3 Å². The fourth-order valence-electron chi connectivity index (χ4n) is 2.31. The number of aromatic nitrogens is 3. The van der Waals surface area contributed by atoms with Crippen LogP contribution in [0.1, 0.15) is 6.42 Å². The first-order chi connectivity index (χ1) is 10.4. The number of sulfone groups is 1. The van der Waals surface area contributed by atoms with Crippen molar-refractivity contribution in [3.05, 3.63) is 30.1 Å². The fourth-order valence-corrected chi connectivity index (χ4v) is 4.05. The van der Waals surface area contributed by atoms with Gasteiger partial charge in [0.2, 0.25) is 11.9 Å². The third-order valence-electron chi connectivity index (χ3n) is 3.45. The summed E-state index contributed by atoms with van der Waals surface area (Å²) in [6.45, 7) is 0. The highest BCUT2D eigenvalue weighted by molar-refractivity contribution is 7.91. The Hall–Kier alpha value is -2.29. The monoisotopic (exact) mass is 324 g/mol. The minimum atomic E-state index is -3.14. The molecule has 0 aliphatic carbocycles. The lowest BCUT2D eigenvalue weighted by Gasteiger charge is -2.05. The van der Waals surface area contributed by atoms with Gasteiger partial charge in [-0.05, 0) is 18.6 Å². The van der Waals surface area contributed by atoms with Crippen LogP contribution in [0.4, 0.5) is 10.3 Å². The van der Waals surface area contributed by atoms with Gasteiger partial charge in [-0.3, -0.25) is 15.2 Å². The lowest BCUT2D eigenvalue weighted by atomic mass is 10.1. The lowest BCUT2D eigenvalue weighted by Crippen LogP contribution is -2.24. The molecule has 2 aromatic rings. The molecule has 1 amide bonds.